The van der Waals surface area contributed by atoms with Crippen LogP contribution >= 0.6 is 0 Å². The molecule has 15 heteroatoms. The van der Waals surface area contributed by atoms with Crippen LogP contribution in [-0.4, -0.2) is 34.5 Å². The smallest absolute Gasteiger partial charge is 0.492 e. The molecule has 2 aliphatic rings. The van der Waals surface area contributed by atoms with Gasteiger partial charge in [0, 0.05) is 5.56 Å². The van der Waals surface area contributed by atoms with Crippen molar-refractivity contribution >= 4 is 20.2 Å². The Hall–Kier alpha value is -2.68. The molecule has 0 radical (unpaired) electrons. The summed E-state index contributed by atoms with van der Waals surface area (Å²) in [4.78, 5) is 0. The van der Waals surface area contributed by atoms with Gasteiger partial charge >= 0.3 is 31.3 Å². The first-order chi connectivity index (χ1) is 15.1. The Kier molecular flexibility index (Phi) is 5.09. The number of alkyl halides is 6. The van der Waals surface area contributed by atoms with Gasteiger partial charge in [-0.1, -0.05) is 18.2 Å². The maximum atomic E-state index is 12.9. The molecule has 1 spiro atoms. The normalized spacial score (nSPS) is 20.3. The van der Waals surface area contributed by atoms with Crippen molar-refractivity contribution in [2.75, 3.05) is 6.61 Å². The average Bonchev–Trinajstić information content (AvgIpc) is 3.23. The van der Waals surface area contributed by atoms with Crippen LogP contribution in [0.1, 0.15) is 23.1 Å². The van der Waals surface area contributed by atoms with E-state index >= 15 is 0 Å². The number of hydrogen-bond acceptors (Lipinski definition) is 7. The third-order valence-corrected chi connectivity index (χ3v) is 7.25. The van der Waals surface area contributed by atoms with E-state index in [4.69, 9.17) is 4.74 Å². The molecule has 2 aromatic rings. The van der Waals surface area contributed by atoms with Crippen LogP contribution in [-0.2, 0) is 32.1 Å². The topological polar surface area (TPSA) is 96.0 Å². The van der Waals surface area contributed by atoms with Crippen molar-refractivity contribution < 1.29 is 56.3 Å². The molecule has 1 atom stereocenters. The van der Waals surface area contributed by atoms with E-state index in [0.29, 0.717) is 5.56 Å². The van der Waals surface area contributed by atoms with Crippen molar-refractivity contribution in [3.05, 3.63) is 53.1 Å². The Morgan fingerprint density at radius 2 is 1.30 bits per heavy atom. The predicted octanol–water partition coefficient (Wildman–Crippen LogP) is 3.77. The van der Waals surface area contributed by atoms with Crippen LogP contribution in [0, 0.1) is 0 Å². The van der Waals surface area contributed by atoms with Gasteiger partial charge in [0.2, 0.25) is 0 Å². The first kappa shape index (κ1) is 23.5. The Balaban J connectivity index is 1.89. The summed E-state index contributed by atoms with van der Waals surface area (Å²) in [5.41, 5.74) is -12.9. The fourth-order valence-electron chi connectivity index (χ4n) is 4.04. The van der Waals surface area contributed by atoms with Gasteiger partial charge in [0.05, 0.1) is 11.0 Å². The summed E-state index contributed by atoms with van der Waals surface area (Å²) >= 11 is 0. The van der Waals surface area contributed by atoms with Crippen LogP contribution in [0.3, 0.4) is 0 Å². The Morgan fingerprint density at radius 3 is 1.85 bits per heavy atom. The van der Waals surface area contributed by atoms with E-state index in [2.05, 4.69) is 8.37 Å². The highest BCUT2D eigenvalue weighted by Crippen LogP contribution is 2.57. The van der Waals surface area contributed by atoms with Gasteiger partial charge in [0.15, 0.2) is 5.75 Å². The van der Waals surface area contributed by atoms with E-state index in [1.54, 1.807) is 0 Å². The highest BCUT2D eigenvalue weighted by atomic mass is 32.2. The molecule has 33 heavy (non-hydrogen) atoms. The molecule has 4 rings (SSSR count). The minimum absolute atomic E-state index is 0.0498. The molecule has 1 heterocycles. The van der Waals surface area contributed by atoms with Gasteiger partial charge < -0.3 is 13.1 Å². The van der Waals surface area contributed by atoms with Gasteiger partial charge in [-0.2, -0.15) is 43.2 Å². The zero-order chi connectivity index (χ0) is 24.4. The maximum Gasteiger partial charge on any atom is 0.534 e. The summed E-state index contributed by atoms with van der Waals surface area (Å²) in [5, 5.41) is 0. The lowest BCUT2D eigenvalue weighted by molar-refractivity contribution is -0.0504. The van der Waals surface area contributed by atoms with Gasteiger partial charge in [-0.15, -0.1) is 0 Å². The van der Waals surface area contributed by atoms with E-state index in [-0.39, 0.29) is 36.3 Å². The van der Waals surface area contributed by atoms with Crippen molar-refractivity contribution in [3.8, 4) is 17.2 Å². The molecule has 0 saturated carbocycles. The Bertz CT molecular complexity index is 1230. The molecular formula is C18H12F6O7S2. The number of benzene rings is 2. The van der Waals surface area contributed by atoms with E-state index in [9.17, 15) is 43.2 Å². The molecule has 0 unspecified atom stereocenters. The number of rotatable bonds is 4. The zero-order valence-electron chi connectivity index (χ0n) is 16.0. The summed E-state index contributed by atoms with van der Waals surface area (Å²) < 4.78 is 138. The Labute approximate surface area is 183 Å². The van der Waals surface area contributed by atoms with E-state index in [1.807, 2.05) is 0 Å². The van der Waals surface area contributed by atoms with Crippen molar-refractivity contribution in [1.82, 2.24) is 0 Å². The molecule has 7 nitrogen and oxygen atoms in total. The number of ether oxygens (including phenoxy) is 1. The van der Waals surface area contributed by atoms with E-state index < -0.39 is 48.2 Å². The summed E-state index contributed by atoms with van der Waals surface area (Å²) in [5.74, 6) is -1.51. The molecule has 0 aromatic heterocycles. The number of halogens is 6. The summed E-state index contributed by atoms with van der Waals surface area (Å²) in [6.07, 6.45) is 0.218. The van der Waals surface area contributed by atoms with Crippen molar-refractivity contribution in [2.24, 2.45) is 0 Å². The predicted molar refractivity (Wildman–Crippen MR) is 98.7 cm³/mol. The fraction of sp³-hybridized carbons (Fsp3) is 0.333. The van der Waals surface area contributed by atoms with Gasteiger partial charge in [0.1, 0.15) is 18.1 Å². The second kappa shape index (κ2) is 7.16. The van der Waals surface area contributed by atoms with E-state index in [0.717, 1.165) is 12.1 Å². The number of aryl methyl sites for hydroxylation is 1. The minimum atomic E-state index is -6.09. The zero-order valence-corrected chi connectivity index (χ0v) is 17.7. The van der Waals surface area contributed by atoms with Crippen LogP contribution in [0.25, 0.3) is 0 Å². The molecular weight excluding hydrogens is 506 g/mol. The lowest BCUT2D eigenvalue weighted by Crippen LogP contribution is -2.32. The molecule has 180 valence electrons. The lowest BCUT2D eigenvalue weighted by atomic mass is 9.76. The number of fused-ring (bicyclic) bond motifs is 4. The third kappa shape index (κ3) is 3.66. The average molecular weight is 518 g/mol. The molecule has 0 bridgehead atoms. The summed E-state index contributed by atoms with van der Waals surface area (Å²) in [7, 11) is -12.2. The fourth-order valence-corrected chi connectivity index (χ4v) is 4.98. The SMILES string of the molecule is O=S(=O)(Oc1cccc2c1[C@@]1(CC2)COc2cccc(OS(=O)(=O)C(F)(F)F)c21)C(F)(F)F. The van der Waals surface area contributed by atoms with Gasteiger partial charge in [0.25, 0.3) is 0 Å². The second-order valence-corrected chi connectivity index (χ2v) is 10.3. The Morgan fingerprint density at radius 1 is 0.788 bits per heavy atom. The highest BCUT2D eigenvalue weighted by molar-refractivity contribution is 7.88. The quantitative estimate of drug-likeness (QED) is 0.346. The molecule has 1 aliphatic carbocycles. The molecule has 1 aliphatic heterocycles. The van der Waals surface area contributed by atoms with Crippen molar-refractivity contribution in [2.45, 2.75) is 29.3 Å². The van der Waals surface area contributed by atoms with Gasteiger partial charge in [-0.05, 0) is 36.6 Å². The summed E-state index contributed by atoms with van der Waals surface area (Å²) in [6.45, 7) is -0.325. The van der Waals surface area contributed by atoms with E-state index in [1.165, 1.54) is 24.3 Å². The first-order valence-corrected chi connectivity index (χ1v) is 11.8. The summed E-state index contributed by atoms with van der Waals surface area (Å²) in [6, 6.07) is 7.11. The molecule has 2 aromatic carbocycles. The molecule has 0 saturated heterocycles. The van der Waals surface area contributed by atoms with Crippen molar-refractivity contribution in [3.63, 3.8) is 0 Å². The van der Waals surface area contributed by atoms with Crippen LogP contribution < -0.4 is 13.1 Å². The minimum Gasteiger partial charge on any atom is -0.492 e. The largest absolute Gasteiger partial charge is 0.534 e. The standard InChI is InChI=1S/C18H12F6O7S2/c19-17(20,21)32(25,26)30-12-5-1-3-10-7-8-16(14(10)12)9-29-11-4-2-6-13(15(11)16)31-33(27,28)18(22,23)24/h1-6H,7-9H2/t16-/m1/s1. The van der Waals surface area contributed by atoms with Gasteiger partial charge in [-0.3, -0.25) is 0 Å². The van der Waals surface area contributed by atoms with Crippen LogP contribution in [0.15, 0.2) is 36.4 Å². The second-order valence-electron chi connectivity index (χ2n) is 7.26. The van der Waals surface area contributed by atoms with Gasteiger partial charge in [-0.25, -0.2) is 0 Å². The molecule has 0 fully saturated rings. The molecule has 0 N–H and O–H groups in total. The maximum absolute atomic E-state index is 12.9. The third-order valence-electron chi connectivity index (χ3n) is 5.32. The monoisotopic (exact) mass is 518 g/mol. The molecule has 0 amide bonds. The number of hydrogen-bond donors (Lipinski definition) is 0. The lowest BCUT2D eigenvalue weighted by Gasteiger charge is -2.27. The van der Waals surface area contributed by atoms with Crippen LogP contribution in [0.5, 0.6) is 17.2 Å². The van der Waals surface area contributed by atoms with Crippen LogP contribution in [0.4, 0.5) is 26.3 Å². The van der Waals surface area contributed by atoms with Crippen LogP contribution in [0.2, 0.25) is 0 Å². The van der Waals surface area contributed by atoms with Crippen molar-refractivity contribution in [1.29, 1.82) is 0 Å². The highest BCUT2D eigenvalue weighted by Gasteiger charge is 2.55. The first-order valence-electron chi connectivity index (χ1n) is 8.99.